The van der Waals surface area contributed by atoms with Crippen molar-refractivity contribution in [2.24, 2.45) is 0 Å². The van der Waals surface area contributed by atoms with Crippen molar-refractivity contribution in [3.8, 4) is 10.4 Å². The molecule has 1 atom stereocenters. The molecule has 26 heavy (non-hydrogen) atoms. The van der Waals surface area contributed by atoms with E-state index in [1.54, 1.807) is 34.0 Å². The first-order valence-electron chi connectivity index (χ1n) is 8.42. The Morgan fingerprint density at radius 2 is 2.00 bits per heavy atom. The summed E-state index contributed by atoms with van der Waals surface area (Å²) in [7, 11) is 2.14. The number of H-pyrrole nitrogens is 1. The van der Waals surface area contributed by atoms with Crippen molar-refractivity contribution >= 4 is 44.2 Å². The van der Waals surface area contributed by atoms with E-state index in [1.807, 2.05) is 5.38 Å². The van der Waals surface area contributed by atoms with E-state index >= 15 is 0 Å². The first kappa shape index (κ1) is 17.6. The second-order valence-electron chi connectivity index (χ2n) is 6.59. The predicted octanol–water partition coefficient (Wildman–Crippen LogP) is 3.61. The molecule has 0 saturated heterocycles. The normalized spacial score (nSPS) is 12.7. The molecule has 4 aromatic rings. The summed E-state index contributed by atoms with van der Waals surface area (Å²) in [4.78, 5) is 26.4. The Balaban J connectivity index is 1.62. The molecule has 4 rings (SSSR count). The van der Waals surface area contributed by atoms with Crippen molar-refractivity contribution < 1.29 is 4.90 Å². The van der Waals surface area contributed by atoms with Gasteiger partial charge in [-0.1, -0.05) is 0 Å². The molecule has 0 aliphatic heterocycles. The molecule has 0 spiro atoms. The van der Waals surface area contributed by atoms with E-state index in [4.69, 9.17) is 4.98 Å². The summed E-state index contributed by atoms with van der Waals surface area (Å²) in [6, 6.07) is 6.32. The second-order valence-corrected chi connectivity index (χ2v) is 9.74. The zero-order chi connectivity index (χ0) is 18.3. The summed E-state index contributed by atoms with van der Waals surface area (Å²) in [5.74, 6) is 0.755. The van der Waals surface area contributed by atoms with Crippen LogP contribution in [-0.2, 0) is 13.1 Å². The molecule has 134 valence electrons. The number of nitrogens with zero attached hydrogens (tertiary/aromatic N) is 1. The Labute approximate surface area is 163 Å². The standard InChI is InChI=1S/C19H19N3OS3/c1-11-6-7-24-15(11)8-22(3)9-16-20-18(23)17-13(10-25-19(17)21-16)14-5-4-12(2)26-14/h4-7,10H,8-9H2,1-3H3,(H,20,21,23)/p+1. The third-order valence-corrected chi connectivity index (χ3v) is 7.33. The van der Waals surface area contributed by atoms with Gasteiger partial charge >= 0.3 is 0 Å². The average Bonchev–Trinajstić information content (AvgIpc) is 3.28. The summed E-state index contributed by atoms with van der Waals surface area (Å²) in [6.45, 7) is 5.87. The smallest absolute Gasteiger partial charge is 0.260 e. The molecule has 0 aliphatic rings. The maximum absolute atomic E-state index is 12.7. The molecule has 0 aromatic carbocycles. The highest BCUT2D eigenvalue weighted by atomic mass is 32.1. The van der Waals surface area contributed by atoms with Crippen LogP contribution in [0.4, 0.5) is 0 Å². The molecule has 0 fully saturated rings. The molecular formula is C19H20N3OS3+. The zero-order valence-corrected chi connectivity index (χ0v) is 17.3. The summed E-state index contributed by atoms with van der Waals surface area (Å²) in [5.41, 5.74) is 2.30. The lowest BCUT2D eigenvalue weighted by Crippen LogP contribution is -3.06. The first-order valence-corrected chi connectivity index (χ1v) is 11.0. The van der Waals surface area contributed by atoms with Gasteiger partial charge in [-0.05, 0) is 43.0 Å². The van der Waals surface area contributed by atoms with Crippen LogP contribution in [0.3, 0.4) is 0 Å². The molecule has 1 unspecified atom stereocenters. The van der Waals surface area contributed by atoms with Crippen LogP contribution < -0.4 is 10.5 Å². The third kappa shape index (κ3) is 3.40. The Bertz CT molecular complexity index is 1120. The van der Waals surface area contributed by atoms with E-state index in [9.17, 15) is 4.79 Å². The molecule has 2 N–H and O–H groups in total. The van der Waals surface area contributed by atoms with Crippen LogP contribution in [0.1, 0.15) is 21.1 Å². The Kier molecular flexibility index (Phi) is 4.79. The highest BCUT2D eigenvalue weighted by molar-refractivity contribution is 7.19. The zero-order valence-electron chi connectivity index (χ0n) is 14.9. The van der Waals surface area contributed by atoms with Crippen molar-refractivity contribution in [1.29, 1.82) is 0 Å². The van der Waals surface area contributed by atoms with Crippen molar-refractivity contribution in [2.45, 2.75) is 26.9 Å². The van der Waals surface area contributed by atoms with Gasteiger partial charge in [-0.3, -0.25) is 4.79 Å². The molecule has 4 nitrogen and oxygen atoms in total. The molecular weight excluding hydrogens is 382 g/mol. The quantitative estimate of drug-likeness (QED) is 0.536. The van der Waals surface area contributed by atoms with Crippen molar-refractivity contribution in [3.05, 3.63) is 60.5 Å². The van der Waals surface area contributed by atoms with Gasteiger partial charge < -0.3 is 9.88 Å². The van der Waals surface area contributed by atoms with E-state index in [-0.39, 0.29) is 5.56 Å². The lowest BCUT2D eigenvalue weighted by atomic mass is 10.2. The van der Waals surface area contributed by atoms with Gasteiger partial charge in [0, 0.05) is 20.7 Å². The molecule has 4 aromatic heterocycles. The fourth-order valence-electron chi connectivity index (χ4n) is 3.05. The van der Waals surface area contributed by atoms with Crippen molar-refractivity contribution in [3.63, 3.8) is 0 Å². The van der Waals surface area contributed by atoms with E-state index in [1.165, 1.54) is 20.2 Å². The summed E-state index contributed by atoms with van der Waals surface area (Å²) < 4.78 is 0. The van der Waals surface area contributed by atoms with E-state index in [2.05, 4.69) is 49.5 Å². The highest BCUT2D eigenvalue weighted by Gasteiger charge is 2.16. The molecule has 0 saturated carbocycles. The number of rotatable bonds is 5. The SMILES string of the molecule is Cc1ccc(-c2csc3nc(C[NH+](C)Cc4sccc4C)[nH]c(=O)c23)s1. The van der Waals surface area contributed by atoms with Crippen LogP contribution >= 0.6 is 34.0 Å². The van der Waals surface area contributed by atoms with E-state index in [0.29, 0.717) is 11.9 Å². The van der Waals surface area contributed by atoms with Gasteiger partial charge in [0.2, 0.25) is 0 Å². The number of hydrogen-bond acceptors (Lipinski definition) is 5. The number of fused-ring (bicyclic) bond motifs is 1. The lowest BCUT2D eigenvalue weighted by Gasteiger charge is -2.13. The van der Waals surface area contributed by atoms with Gasteiger partial charge in [0.05, 0.1) is 17.3 Å². The molecule has 0 amide bonds. The topological polar surface area (TPSA) is 50.2 Å². The van der Waals surface area contributed by atoms with Gasteiger partial charge in [-0.2, -0.15) is 0 Å². The Morgan fingerprint density at radius 1 is 1.15 bits per heavy atom. The number of quaternary nitrogens is 1. The van der Waals surface area contributed by atoms with Crippen molar-refractivity contribution in [1.82, 2.24) is 9.97 Å². The monoisotopic (exact) mass is 402 g/mol. The minimum atomic E-state index is -0.0348. The highest BCUT2D eigenvalue weighted by Crippen LogP contribution is 2.34. The Hall–Kier alpha value is -1.80. The number of aromatic amines is 1. The van der Waals surface area contributed by atoms with Crippen LogP contribution in [0.25, 0.3) is 20.7 Å². The maximum atomic E-state index is 12.7. The summed E-state index contributed by atoms with van der Waals surface area (Å²) in [5, 5.41) is 4.89. The summed E-state index contributed by atoms with van der Waals surface area (Å²) in [6.07, 6.45) is 0. The van der Waals surface area contributed by atoms with Crippen LogP contribution in [0, 0.1) is 13.8 Å². The van der Waals surface area contributed by atoms with Gasteiger partial charge in [0.15, 0.2) is 5.82 Å². The maximum Gasteiger partial charge on any atom is 0.260 e. The molecule has 7 heteroatoms. The van der Waals surface area contributed by atoms with Crippen molar-refractivity contribution in [2.75, 3.05) is 7.05 Å². The fraction of sp³-hybridized carbons (Fsp3) is 0.263. The average molecular weight is 403 g/mol. The Morgan fingerprint density at radius 3 is 2.69 bits per heavy atom. The van der Waals surface area contributed by atoms with Crippen LogP contribution in [-0.4, -0.2) is 17.0 Å². The number of thiophene rings is 3. The molecule has 4 heterocycles. The number of aryl methyl sites for hydroxylation is 2. The predicted molar refractivity (Wildman–Crippen MR) is 112 cm³/mol. The molecule has 0 radical (unpaired) electrons. The van der Waals surface area contributed by atoms with E-state index < -0.39 is 0 Å². The van der Waals surface area contributed by atoms with Crippen LogP contribution in [0.15, 0.2) is 33.8 Å². The minimum absolute atomic E-state index is 0.0348. The number of aromatic nitrogens is 2. The molecule has 0 aliphatic carbocycles. The first-order chi connectivity index (χ1) is 12.5. The largest absolute Gasteiger partial charge is 0.327 e. The second kappa shape index (κ2) is 7.08. The van der Waals surface area contributed by atoms with Gasteiger partial charge in [0.1, 0.15) is 17.9 Å². The van der Waals surface area contributed by atoms with Crippen LogP contribution in [0.5, 0.6) is 0 Å². The van der Waals surface area contributed by atoms with Gasteiger partial charge in [0.25, 0.3) is 5.56 Å². The number of nitrogens with one attached hydrogen (secondary N) is 2. The summed E-state index contributed by atoms with van der Waals surface area (Å²) >= 11 is 5.05. The van der Waals surface area contributed by atoms with Gasteiger partial charge in [-0.15, -0.1) is 34.0 Å². The van der Waals surface area contributed by atoms with Crippen LogP contribution in [0.2, 0.25) is 0 Å². The minimum Gasteiger partial charge on any atom is -0.327 e. The number of hydrogen-bond donors (Lipinski definition) is 2. The van der Waals surface area contributed by atoms with E-state index in [0.717, 1.165) is 27.6 Å². The third-order valence-electron chi connectivity index (χ3n) is 4.40. The molecule has 0 bridgehead atoms. The van der Waals surface area contributed by atoms with Gasteiger partial charge in [-0.25, -0.2) is 4.98 Å². The lowest BCUT2D eigenvalue weighted by molar-refractivity contribution is -0.908. The fourth-order valence-corrected chi connectivity index (χ4v) is 5.99.